The van der Waals surface area contributed by atoms with E-state index < -0.39 is 0 Å². The monoisotopic (exact) mass is 222 g/mol. The maximum absolute atomic E-state index is 10.0. The standard InChI is InChI=1S/C12H18N2O2/c15-12-9-4-13-5-10(12)7-14(6-9)8-11-2-1-3-16-11/h1-3,9-10,12-13,15H,4-8H2. The Hall–Kier alpha value is -0.840. The Kier molecular flexibility index (Phi) is 2.71. The third-order valence-corrected chi connectivity index (χ3v) is 3.72. The molecule has 0 saturated carbocycles. The molecular weight excluding hydrogens is 204 g/mol. The van der Waals surface area contributed by atoms with Crippen LogP contribution >= 0.6 is 0 Å². The van der Waals surface area contributed by atoms with Crippen molar-refractivity contribution in [2.75, 3.05) is 26.2 Å². The molecule has 4 heteroatoms. The van der Waals surface area contributed by atoms with E-state index in [2.05, 4.69) is 10.2 Å². The quantitative estimate of drug-likeness (QED) is 0.755. The Bertz CT molecular complexity index is 325. The molecule has 1 aromatic rings. The Morgan fingerprint density at radius 2 is 2.12 bits per heavy atom. The molecular formula is C12H18N2O2. The number of hydrogen-bond acceptors (Lipinski definition) is 4. The van der Waals surface area contributed by atoms with Crippen LogP contribution in [0.25, 0.3) is 0 Å². The summed E-state index contributed by atoms with van der Waals surface area (Å²) in [5.74, 6) is 1.77. The third kappa shape index (κ3) is 1.88. The van der Waals surface area contributed by atoms with Crippen molar-refractivity contribution >= 4 is 0 Å². The highest BCUT2D eigenvalue weighted by molar-refractivity contribution is 5.00. The molecule has 2 unspecified atom stereocenters. The number of aliphatic hydroxyl groups excluding tert-OH is 1. The lowest BCUT2D eigenvalue weighted by Gasteiger charge is -2.45. The number of likely N-dealkylation sites (tertiary alicyclic amines) is 1. The van der Waals surface area contributed by atoms with Crippen molar-refractivity contribution < 1.29 is 9.52 Å². The van der Waals surface area contributed by atoms with Crippen molar-refractivity contribution in [1.82, 2.24) is 10.2 Å². The van der Waals surface area contributed by atoms with Gasteiger partial charge in [-0.15, -0.1) is 0 Å². The van der Waals surface area contributed by atoms with Gasteiger partial charge in [-0.25, -0.2) is 0 Å². The zero-order valence-electron chi connectivity index (χ0n) is 9.30. The first-order valence-corrected chi connectivity index (χ1v) is 5.96. The van der Waals surface area contributed by atoms with Crippen molar-refractivity contribution in [3.05, 3.63) is 24.2 Å². The minimum absolute atomic E-state index is 0.117. The van der Waals surface area contributed by atoms with E-state index in [-0.39, 0.29) is 6.10 Å². The molecule has 0 spiro atoms. The van der Waals surface area contributed by atoms with Crippen molar-refractivity contribution in [2.45, 2.75) is 12.6 Å². The van der Waals surface area contributed by atoms with E-state index in [1.54, 1.807) is 6.26 Å². The van der Waals surface area contributed by atoms with Crippen molar-refractivity contribution in [2.24, 2.45) is 11.8 Å². The summed E-state index contributed by atoms with van der Waals surface area (Å²) in [6.07, 6.45) is 1.60. The van der Waals surface area contributed by atoms with Crippen molar-refractivity contribution in [3.8, 4) is 0 Å². The molecule has 16 heavy (non-hydrogen) atoms. The Morgan fingerprint density at radius 1 is 1.38 bits per heavy atom. The van der Waals surface area contributed by atoms with Crippen molar-refractivity contribution in [1.29, 1.82) is 0 Å². The maximum Gasteiger partial charge on any atom is 0.117 e. The molecule has 1 aromatic heterocycles. The molecule has 0 aliphatic carbocycles. The Labute approximate surface area is 95.2 Å². The van der Waals surface area contributed by atoms with Gasteiger partial charge in [0, 0.05) is 38.0 Å². The zero-order valence-corrected chi connectivity index (χ0v) is 9.30. The number of rotatable bonds is 2. The van der Waals surface area contributed by atoms with Crippen LogP contribution in [-0.4, -0.2) is 42.3 Å². The van der Waals surface area contributed by atoms with E-state index in [4.69, 9.17) is 4.42 Å². The van der Waals surface area contributed by atoms with Crippen LogP contribution in [0.1, 0.15) is 5.76 Å². The third-order valence-electron chi connectivity index (χ3n) is 3.72. The highest BCUT2D eigenvalue weighted by Crippen LogP contribution is 2.26. The normalized spacial score (nSPS) is 35.2. The van der Waals surface area contributed by atoms with Crippen LogP contribution in [0.5, 0.6) is 0 Å². The predicted octanol–water partition coefficient (Wildman–Crippen LogP) is 0.292. The van der Waals surface area contributed by atoms with Crippen LogP contribution < -0.4 is 5.32 Å². The van der Waals surface area contributed by atoms with Gasteiger partial charge in [-0.3, -0.25) is 4.90 Å². The lowest BCUT2D eigenvalue weighted by Crippen LogP contribution is -2.58. The van der Waals surface area contributed by atoms with E-state index in [9.17, 15) is 5.11 Å². The summed E-state index contributed by atoms with van der Waals surface area (Å²) < 4.78 is 5.37. The van der Waals surface area contributed by atoms with Gasteiger partial charge in [-0.2, -0.15) is 0 Å². The zero-order chi connectivity index (χ0) is 11.0. The van der Waals surface area contributed by atoms with Gasteiger partial charge in [-0.1, -0.05) is 0 Å². The first-order valence-electron chi connectivity index (χ1n) is 5.96. The minimum atomic E-state index is -0.117. The molecule has 0 aromatic carbocycles. The van der Waals surface area contributed by atoms with Crippen LogP contribution in [-0.2, 0) is 6.54 Å². The Balaban J connectivity index is 1.66. The van der Waals surface area contributed by atoms with Gasteiger partial charge in [0.05, 0.1) is 18.9 Å². The first kappa shape index (κ1) is 10.3. The summed E-state index contributed by atoms with van der Waals surface area (Å²) in [6, 6.07) is 3.94. The number of furan rings is 1. The molecule has 88 valence electrons. The summed E-state index contributed by atoms with van der Waals surface area (Å²) in [5, 5.41) is 13.4. The summed E-state index contributed by atoms with van der Waals surface area (Å²) in [7, 11) is 0. The summed E-state index contributed by atoms with van der Waals surface area (Å²) in [5.41, 5.74) is 0. The fourth-order valence-corrected chi connectivity index (χ4v) is 2.92. The number of nitrogens with one attached hydrogen (secondary N) is 1. The minimum Gasteiger partial charge on any atom is -0.468 e. The molecule has 3 rings (SSSR count). The van der Waals surface area contributed by atoms with Crippen LogP contribution in [0.15, 0.2) is 22.8 Å². The lowest BCUT2D eigenvalue weighted by atomic mass is 9.82. The maximum atomic E-state index is 10.0. The van der Waals surface area contributed by atoms with Gasteiger partial charge >= 0.3 is 0 Å². The topological polar surface area (TPSA) is 48.6 Å². The fraction of sp³-hybridized carbons (Fsp3) is 0.667. The molecule has 2 atom stereocenters. The van der Waals surface area contributed by atoms with Crippen LogP contribution in [0.4, 0.5) is 0 Å². The second-order valence-corrected chi connectivity index (χ2v) is 4.94. The van der Waals surface area contributed by atoms with Crippen molar-refractivity contribution in [3.63, 3.8) is 0 Å². The van der Waals surface area contributed by atoms with E-state index in [0.717, 1.165) is 38.5 Å². The Morgan fingerprint density at radius 3 is 2.75 bits per heavy atom. The smallest absolute Gasteiger partial charge is 0.117 e. The first-order chi connectivity index (χ1) is 7.83. The van der Waals surface area contributed by atoms with Gasteiger partial charge in [0.2, 0.25) is 0 Å². The fourth-order valence-electron chi connectivity index (χ4n) is 2.92. The molecule has 2 fully saturated rings. The average Bonchev–Trinajstić information content (AvgIpc) is 2.72. The van der Waals surface area contributed by atoms with Crippen LogP contribution in [0.3, 0.4) is 0 Å². The molecule has 2 saturated heterocycles. The SMILES string of the molecule is OC1C2CNCC1CN(Cc1ccco1)C2. The predicted molar refractivity (Wildman–Crippen MR) is 59.8 cm³/mol. The second kappa shape index (κ2) is 4.20. The highest BCUT2D eigenvalue weighted by atomic mass is 16.3. The number of nitrogens with zero attached hydrogens (tertiary/aromatic N) is 1. The lowest BCUT2D eigenvalue weighted by molar-refractivity contribution is -0.0438. The largest absolute Gasteiger partial charge is 0.468 e. The van der Waals surface area contributed by atoms with E-state index in [1.807, 2.05) is 12.1 Å². The van der Waals surface area contributed by atoms with Gasteiger partial charge in [0.1, 0.15) is 5.76 Å². The number of fused-ring (bicyclic) bond motifs is 2. The van der Waals surface area contributed by atoms with Gasteiger partial charge in [0.15, 0.2) is 0 Å². The molecule has 2 aliphatic heterocycles. The average molecular weight is 222 g/mol. The molecule has 3 heterocycles. The van der Waals surface area contributed by atoms with Gasteiger partial charge in [-0.05, 0) is 12.1 Å². The molecule has 0 radical (unpaired) electrons. The summed E-state index contributed by atoms with van der Waals surface area (Å²) in [6.45, 7) is 4.67. The number of hydrogen-bond donors (Lipinski definition) is 2. The molecule has 2 aliphatic rings. The van der Waals surface area contributed by atoms with E-state index >= 15 is 0 Å². The molecule has 0 amide bonds. The van der Waals surface area contributed by atoms with Gasteiger partial charge in [0.25, 0.3) is 0 Å². The molecule has 2 N–H and O–H groups in total. The number of aliphatic hydroxyl groups is 1. The molecule has 4 nitrogen and oxygen atoms in total. The highest BCUT2D eigenvalue weighted by Gasteiger charge is 2.38. The summed E-state index contributed by atoms with van der Waals surface area (Å²) in [4.78, 5) is 2.39. The van der Waals surface area contributed by atoms with Crippen LogP contribution in [0, 0.1) is 11.8 Å². The second-order valence-electron chi connectivity index (χ2n) is 4.94. The summed E-state index contributed by atoms with van der Waals surface area (Å²) >= 11 is 0. The number of piperidine rings is 2. The van der Waals surface area contributed by atoms with E-state index in [1.165, 1.54) is 0 Å². The van der Waals surface area contributed by atoms with Crippen LogP contribution in [0.2, 0.25) is 0 Å². The van der Waals surface area contributed by atoms with Gasteiger partial charge < -0.3 is 14.8 Å². The molecule has 2 bridgehead atoms. The van der Waals surface area contributed by atoms with E-state index in [0.29, 0.717) is 11.8 Å².